The van der Waals surface area contributed by atoms with Gasteiger partial charge in [-0.3, -0.25) is 14.2 Å². The average Bonchev–Trinajstić information content (AvgIpc) is 3.02. The molecule has 1 atom stereocenters. The van der Waals surface area contributed by atoms with E-state index in [1.807, 2.05) is 35.8 Å². The number of benzene rings is 1. The molecule has 0 fully saturated rings. The number of aryl methyl sites for hydroxylation is 2. The Morgan fingerprint density at radius 2 is 1.96 bits per heavy atom. The van der Waals surface area contributed by atoms with E-state index in [-0.39, 0.29) is 5.92 Å². The highest BCUT2D eigenvalue weighted by molar-refractivity contribution is 5.78. The summed E-state index contributed by atoms with van der Waals surface area (Å²) in [6.45, 7) is 5.01. The van der Waals surface area contributed by atoms with Gasteiger partial charge in [0.2, 0.25) is 11.9 Å². The number of nitrogens with two attached hydrogens (primary N) is 1. The molecule has 3 aromatic rings. The van der Waals surface area contributed by atoms with Gasteiger partial charge in [0.25, 0.3) is 5.56 Å². The van der Waals surface area contributed by atoms with E-state index in [4.69, 9.17) is 5.73 Å². The first-order valence-electron chi connectivity index (χ1n) is 9.11. The fourth-order valence-corrected chi connectivity index (χ4v) is 3.87. The van der Waals surface area contributed by atoms with E-state index in [0.717, 1.165) is 22.4 Å². The summed E-state index contributed by atoms with van der Waals surface area (Å²) in [5.74, 6) is 0.129. The number of nitrogens with zero attached hydrogens (tertiary/aromatic N) is 5. The number of fused-ring (bicyclic) bond motifs is 3. The number of hydrogen-bond acceptors (Lipinski definition) is 5. The van der Waals surface area contributed by atoms with Crippen LogP contribution in [0.4, 0.5) is 11.6 Å². The maximum atomic E-state index is 13.0. The van der Waals surface area contributed by atoms with E-state index in [9.17, 15) is 14.4 Å². The highest BCUT2D eigenvalue weighted by atomic mass is 16.2. The van der Waals surface area contributed by atoms with Gasteiger partial charge in [-0.1, -0.05) is 25.1 Å². The molecule has 4 rings (SSSR count). The van der Waals surface area contributed by atoms with Crippen molar-refractivity contribution in [1.29, 1.82) is 0 Å². The topological polar surface area (TPSA) is 108 Å². The summed E-state index contributed by atoms with van der Waals surface area (Å²) in [4.78, 5) is 43.7. The van der Waals surface area contributed by atoms with Crippen molar-refractivity contribution in [2.45, 2.75) is 26.9 Å². The van der Waals surface area contributed by atoms with Gasteiger partial charge in [-0.15, -0.1) is 0 Å². The second kappa shape index (κ2) is 6.36. The third kappa shape index (κ3) is 2.62. The lowest BCUT2D eigenvalue weighted by molar-refractivity contribution is -0.118. The molecule has 9 heteroatoms. The van der Waals surface area contributed by atoms with Gasteiger partial charge in [-0.05, 0) is 24.5 Å². The Morgan fingerprint density at radius 3 is 2.64 bits per heavy atom. The van der Waals surface area contributed by atoms with Crippen LogP contribution in [-0.4, -0.2) is 31.1 Å². The summed E-state index contributed by atoms with van der Waals surface area (Å²) < 4.78 is 4.01. The summed E-state index contributed by atoms with van der Waals surface area (Å²) in [7, 11) is 1.54. The Labute approximate surface area is 160 Å². The van der Waals surface area contributed by atoms with Gasteiger partial charge in [0.15, 0.2) is 11.2 Å². The van der Waals surface area contributed by atoms with Crippen molar-refractivity contribution in [1.82, 2.24) is 18.7 Å². The van der Waals surface area contributed by atoms with Crippen molar-refractivity contribution in [3.05, 3.63) is 50.7 Å². The largest absolute Gasteiger partial charge is 0.368 e. The summed E-state index contributed by atoms with van der Waals surface area (Å²) in [6.07, 6.45) is 0. The zero-order chi connectivity index (χ0) is 20.2. The summed E-state index contributed by atoms with van der Waals surface area (Å²) in [5.41, 5.74) is 6.79. The van der Waals surface area contributed by atoms with Crippen LogP contribution in [0.3, 0.4) is 0 Å². The monoisotopic (exact) mass is 382 g/mol. The summed E-state index contributed by atoms with van der Waals surface area (Å²) in [5, 5.41) is 0. The fourth-order valence-electron chi connectivity index (χ4n) is 3.87. The summed E-state index contributed by atoms with van der Waals surface area (Å²) >= 11 is 0. The van der Waals surface area contributed by atoms with Crippen LogP contribution in [0, 0.1) is 12.8 Å². The number of para-hydroxylation sites is 1. The van der Waals surface area contributed by atoms with Gasteiger partial charge >= 0.3 is 5.69 Å². The second-order valence-corrected chi connectivity index (χ2v) is 7.40. The van der Waals surface area contributed by atoms with E-state index in [1.54, 1.807) is 7.05 Å². The van der Waals surface area contributed by atoms with Crippen LogP contribution < -0.4 is 21.9 Å². The molecule has 28 heavy (non-hydrogen) atoms. The second-order valence-electron chi connectivity index (χ2n) is 7.40. The molecule has 0 bridgehead atoms. The number of anilines is 2. The number of hydrogen-bond donors (Lipinski definition) is 1. The molecule has 146 valence electrons. The van der Waals surface area contributed by atoms with Crippen LogP contribution in [0.15, 0.2) is 33.9 Å². The molecule has 1 amide bonds. The van der Waals surface area contributed by atoms with Crippen molar-refractivity contribution in [2.24, 2.45) is 18.7 Å². The van der Waals surface area contributed by atoms with E-state index in [0.29, 0.717) is 23.7 Å². The van der Waals surface area contributed by atoms with Crippen LogP contribution in [-0.2, 0) is 24.9 Å². The van der Waals surface area contributed by atoms with E-state index in [1.165, 1.54) is 4.57 Å². The third-order valence-electron chi connectivity index (χ3n) is 5.16. The van der Waals surface area contributed by atoms with Crippen LogP contribution in [0.5, 0.6) is 0 Å². The van der Waals surface area contributed by atoms with Gasteiger partial charge < -0.3 is 15.2 Å². The highest BCUT2D eigenvalue weighted by Crippen LogP contribution is 2.34. The van der Waals surface area contributed by atoms with Crippen LogP contribution in [0.2, 0.25) is 0 Å². The molecule has 0 aliphatic carbocycles. The van der Waals surface area contributed by atoms with Crippen molar-refractivity contribution < 1.29 is 4.79 Å². The SMILES string of the molecule is Cc1ccccc1N1C[C@H](C)Cn2c1nc1c2c(=O)n(CC(N)=O)c(=O)n1C. The normalized spacial score (nSPS) is 16.4. The molecule has 2 aromatic heterocycles. The molecule has 0 radical (unpaired) electrons. The Kier molecular flexibility index (Phi) is 4.10. The molecule has 1 aliphatic rings. The average molecular weight is 382 g/mol. The van der Waals surface area contributed by atoms with Gasteiger partial charge in [-0.2, -0.15) is 4.98 Å². The molecule has 1 aromatic carbocycles. The number of carbonyl (C=O) groups is 1. The molecule has 9 nitrogen and oxygen atoms in total. The molecule has 0 saturated carbocycles. The number of primary amides is 1. The highest BCUT2D eigenvalue weighted by Gasteiger charge is 2.30. The van der Waals surface area contributed by atoms with Crippen LogP contribution >= 0.6 is 0 Å². The Balaban J connectivity index is 2.04. The fraction of sp³-hybridized carbons (Fsp3) is 0.368. The molecule has 0 spiro atoms. The minimum absolute atomic E-state index is 0.255. The minimum atomic E-state index is -0.744. The van der Waals surface area contributed by atoms with Gasteiger partial charge in [0.1, 0.15) is 6.54 Å². The van der Waals surface area contributed by atoms with Crippen molar-refractivity contribution >= 4 is 28.7 Å². The molecule has 3 heterocycles. The Hall–Kier alpha value is -3.36. The standard InChI is InChI=1S/C19H22N6O3/c1-11-8-23(13-7-5-4-6-12(13)2)18-21-16-15(24(18)9-11)17(27)25(10-14(20)26)19(28)22(16)3/h4-7,11H,8-10H2,1-3H3,(H2,20,26)/t11-/m0/s1. The first-order valence-corrected chi connectivity index (χ1v) is 9.11. The third-order valence-corrected chi connectivity index (χ3v) is 5.16. The molecule has 2 N–H and O–H groups in total. The molecular weight excluding hydrogens is 360 g/mol. The zero-order valence-electron chi connectivity index (χ0n) is 16.0. The minimum Gasteiger partial charge on any atom is -0.368 e. The van der Waals surface area contributed by atoms with Crippen LogP contribution in [0.1, 0.15) is 12.5 Å². The van der Waals surface area contributed by atoms with Gasteiger partial charge in [0.05, 0.1) is 0 Å². The Morgan fingerprint density at radius 1 is 1.25 bits per heavy atom. The zero-order valence-corrected chi connectivity index (χ0v) is 16.0. The predicted octanol–water partition coefficient (Wildman–Crippen LogP) is 0.478. The smallest absolute Gasteiger partial charge is 0.332 e. The number of aromatic nitrogens is 4. The van der Waals surface area contributed by atoms with Crippen LogP contribution in [0.25, 0.3) is 11.2 Å². The van der Waals surface area contributed by atoms with E-state index < -0.39 is 23.7 Å². The Bertz CT molecular complexity index is 1220. The number of rotatable bonds is 3. The quantitative estimate of drug-likeness (QED) is 0.709. The molecular formula is C19H22N6O3. The number of carbonyl (C=O) groups excluding carboxylic acids is 1. The lowest BCUT2D eigenvalue weighted by atomic mass is 10.1. The predicted molar refractivity (Wildman–Crippen MR) is 106 cm³/mol. The number of amides is 1. The first-order chi connectivity index (χ1) is 13.3. The van der Waals surface area contributed by atoms with E-state index >= 15 is 0 Å². The van der Waals surface area contributed by atoms with Crippen molar-refractivity contribution in [2.75, 3.05) is 11.4 Å². The maximum Gasteiger partial charge on any atom is 0.332 e. The summed E-state index contributed by atoms with van der Waals surface area (Å²) in [6, 6.07) is 7.98. The van der Waals surface area contributed by atoms with E-state index in [2.05, 4.69) is 16.8 Å². The van der Waals surface area contributed by atoms with Gasteiger partial charge in [-0.25, -0.2) is 9.36 Å². The first kappa shape index (κ1) is 18.0. The maximum absolute atomic E-state index is 13.0. The lowest BCUT2D eigenvalue weighted by Crippen LogP contribution is -2.43. The number of imidazole rings is 1. The molecule has 1 aliphatic heterocycles. The molecule has 0 unspecified atom stereocenters. The van der Waals surface area contributed by atoms with Gasteiger partial charge in [0, 0.05) is 25.8 Å². The van der Waals surface area contributed by atoms with Crippen molar-refractivity contribution in [3.8, 4) is 0 Å². The molecule has 0 saturated heterocycles. The lowest BCUT2D eigenvalue weighted by Gasteiger charge is -2.33. The van der Waals surface area contributed by atoms with Crippen molar-refractivity contribution in [3.63, 3.8) is 0 Å².